The third-order valence-corrected chi connectivity index (χ3v) is 13.3. The van der Waals surface area contributed by atoms with E-state index < -0.39 is 28.3 Å². The lowest BCUT2D eigenvalue weighted by molar-refractivity contribution is -0.384. The topological polar surface area (TPSA) is 175 Å². The zero-order valence-corrected chi connectivity index (χ0v) is 38.8. The molecule has 3 aromatic rings. The van der Waals surface area contributed by atoms with Gasteiger partial charge in [0.25, 0.3) is 5.69 Å². The van der Waals surface area contributed by atoms with E-state index in [4.69, 9.17) is 33.7 Å². The summed E-state index contributed by atoms with van der Waals surface area (Å²) in [7, 11) is 0. The van der Waals surface area contributed by atoms with Gasteiger partial charge in [-0.3, -0.25) is 19.8 Å². The van der Waals surface area contributed by atoms with E-state index in [2.05, 4.69) is 23.6 Å². The van der Waals surface area contributed by atoms with E-state index in [9.17, 15) is 20.3 Å². The van der Waals surface area contributed by atoms with Crippen LogP contribution in [0.3, 0.4) is 0 Å². The number of ether oxygens (including phenoxy) is 5. The minimum absolute atomic E-state index is 0.0322. The van der Waals surface area contributed by atoms with Crippen LogP contribution in [0, 0.1) is 27.9 Å². The quantitative estimate of drug-likeness (QED) is 0.0247. The smallest absolute Gasteiger partial charge is 0.269 e. The summed E-state index contributed by atoms with van der Waals surface area (Å²) in [5.41, 5.74) is 3.26. The average molecular weight is 921 g/mol. The van der Waals surface area contributed by atoms with Gasteiger partial charge in [0.15, 0.2) is 11.5 Å². The van der Waals surface area contributed by atoms with Crippen molar-refractivity contribution >= 4 is 23.4 Å². The number of unbranched alkanes of at least 4 members (excludes halogenated alkanes) is 2. The van der Waals surface area contributed by atoms with Crippen LogP contribution in [-0.2, 0) is 20.9 Å². The standard InChI is InChI=1S/C52H64N4O11/c1-5-27-65-52-47(55(33-36-14-19-45-46(29-36)64-34-63-45)48(59)21-15-35-12-16-38(17-13-35)56(60)61)32-43(53-67-51(2,3)4)41-30-37(10-6-8-25-57)40(11-7-9-26-58)49(50(41)52)42-31-39(18-20-44(42)66-52)62-28-24-54-22-23-54/h5,12-21,29-31,37,40,47,49-50,57-58H,1,6-11,22-28,32-34H2,2-4H3. The Balaban J connectivity index is 1.32. The maximum Gasteiger partial charge on any atom is 0.269 e. The fraction of sp³-hybridized carbons (Fsp3) is 0.500. The van der Waals surface area contributed by atoms with Gasteiger partial charge in [-0.25, -0.2) is 0 Å². The van der Waals surface area contributed by atoms with Crippen LogP contribution in [0.15, 0.2) is 96.2 Å². The SMILES string of the molecule is C=CCOC12Oc3ccc(OCCN4CC4)cc3C3C(CCCCO)C(CCCCO)C=C(C(=NOC(C)(C)C)CC1N(Cc1ccc4c(c1)OCO4)C(=O)C=Cc1ccc([N+](=O)[O-])cc1)C32. The maximum atomic E-state index is 15.3. The van der Waals surface area contributed by atoms with E-state index in [0.717, 1.165) is 67.8 Å². The number of carbonyl (C=O) groups excluding carboxylic acids is 1. The Bertz CT molecular complexity index is 2340. The predicted octanol–water partition coefficient (Wildman–Crippen LogP) is 8.19. The van der Waals surface area contributed by atoms with Crippen LogP contribution >= 0.6 is 0 Å². The molecular weight excluding hydrogens is 857 g/mol. The minimum Gasteiger partial charge on any atom is -0.492 e. The summed E-state index contributed by atoms with van der Waals surface area (Å²) in [6.45, 7) is 13.9. The lowest BCUT2D eigenvalue weighted by Crippen LogP contribution is -2.70. The number of aliphatic hydroxyl groups excluding tert-OH is 2. The molecule has 3 heterocycles. The zero-order chi connectivity index (χ0) is 47.1. The first kappa shape index (κ1) is 47.7. The highest BCUT2D eigenvalue weighted by Crippen LogP contribution is 2.62. The molecule has 1 saturated carbocycles. The van der Waals surface area contributed by atoms with Crippen molar-refractivity contribution in [2.45, 2.75) is 95.6 Å². The number of nitrogens with zero attached hydrogens (tertiary/aromatic N) is 4. The van der Waals surface area contributed by atoms with Crippen molar-refractivity contribution in [3.63, 3.8) is 0 Å². The Labute approximate surface area is 392 Å². The fourth-order valence-corrected chi connectivity index (χ4v) is 10.1. The largest absolute Gasteiger partial charge is 0.492 e. The van der Waals surface area contributed by atoms with Crippen molar-refractivity contribution in [3.05, 3.63) is 118 Å². The van der Waals surface area contributed by atoms with Crippen LogP contribution in [-0.4, -0.2) is 107 Å². The number of rotatable bonds is 22. The van der Waals surface area contributed by atoms with Crippen molar-refractivity contribution in [3.8, 4) is 23.0 Å². The van der Waals surface area contributed by atoms with Gasteiger partial charge in [0.2, 0.25) is 18.5 Å². The van der Waals surface area contributed by atoms with Gasteiger partial charge in [0, 0.05) is 75.5 Å². The van der Waals surface area contributed by atoms with Gasteiger partial charge in [0.1, 0.15) is 29.7 Å². The molecule has 358 valence electrons. The number of aliphatic hydroxyl groups is 2. The summed E-state index contributed by atoms with van der Waals surface area (Å²) in [5.74, 6) is 0.0168. The molecule has 6 atom stereocenters. The highest BCUT2D eigenvalue weighted by molar-refractivity contribution is 6.03. The van der Waals surface area contributed by atoms with Crippen molar-refractivity contribution in [1.82, 2.24) is 9.80 Å². The molecule has 0 aromatic heterocycles. The van der Waals surface area contributed by atoms with Gasteiger partial charge in [-0.15, -0.1) is 6.58 Å². The second kappa shape index (κ2) is 21.1. The molecule has 2 fully saturated rings. The number of benzene rings is 3. The van der Waals surface area contributed by atoms with Gasteiger partial charge >= 0.3 is 0 Å². The molecule has 5 aliphatic rings. The number of allylic oxidation sites excluding steroid dienone is 1. The number of oxime groups is 1. The Morgan fingerprint density at radius 3 is 2.46 bits per heavy atom. The van der Waals surface area contributed by atoms with Crippen LogP contribution in [0.4, 0.5) is 5.69 Å². The summed E-state index contributed by atoms with van der Waals surface area (Å²) >= 11 is 0. The molecule has 1 saturated heterocycles. The minimum atomic E-state index is -1.50. The third-order valence-electron chi connectivity index (χ3n) is 13.3. The van der Waals surface area contributed by atoms with E-state index in [-0.39, 0.29) is 68.9 Å². The molecule has 15 heteroatoms. The number of amides is 1. The van der Waals surface area contributed by atoms with E-state index >= 15 is 4.79 Å². The molecule has 6 unspecified atom stereocenters. The summed E-state index contributed by atoms with van der Waals surface area (Å²) in [4.78, 5) is 36.7. The number of fused-ring (bicyclic) bond motifs is 3. The van der Waals surface area contributed by atoms with E-state index in [1.54, 1.807) is 29.2 Å². The number of nitro benzene ring substituents is 1. The molecule has 2 aliphatic carbocycles. The number of nitro groups is 1. The predicted molar refractivity (Wildman–Crippen MR) is 253 cm³/mol. The fourth-order valence-electron chi connectivity index (χ4n) is 10.1. The first-order valence-corrected chi connectivity index (χ1v) is 23.6. The molecule has 8 rings (SSSR count). The Hall–Kier alpha value is -5.74. The van der Waals surface area contributed by atoms with Crippen molar-refractivity contribution in [1.29, 1.82) is 0 Å². The molecule has 0 spiro atoms. The molecule has 67 heavy (non-hydrogen) atoms. The first-order chi connectivity index (χ1) is 32.4. The molecule has 3 aromatic carbocycles. The number of hydrogen-bond acceptors (Lipinski definition) is 13. The Kier molecular flexibility index (Phi) is 15.0. The number of non-ortho nitro benzene ring substituents is 1. The summed E-state index contributed by atoms with van der Waals surface area (Å²) < 4.78 is 32.5. The maximum absolute atomic E-state index is 15.3. The summed E-state index contributed by atoms with van der Waals surface area (Å²) in [5, 5.41) is 36.4. The lowest BCUT2D eigenvalue weighted by atomic mass is 9.55. The van der Waals surface area contributed by atoms with Gasteiger partial charge in [-0.05, 0) is 124 Å². The average Bonchev–Trinajstić information content (AvgIpc) is 4.03. The van der Waals surface area contributed by atoms with E-state index in [1.807, 2.05) is 51.1 Å². The first-order valence-electron chi connectivity index (χ1n) is 23.6. The van der Waals surface area contributed by atoms with E-state index in [1.165, 1.54) is 18.2 Å². The van der Waals surface area contributed by atoms with Crippen LogP contribution in [0.1, 0.15) is 88.3 Å². The second-order valence-electron chi connectivity index (χ2n) is 19.0. The van der Waals surface area contributed by atoms with Gasteiger partial charge in [-0.2, -0.15) is 0 Å². The van der Waals surface area contributed by atoms with Crippen LogP contribution < -0.4 is 18.9 Å². The van der Waals surface area contributed by atoms with Crippen LogP contribution in [0.25, 0.3) is 6.08 Å². The van der Waals surface area contributed by atoms with Crippen LogP contribution in [0.2, 0.25) is 0 Å². The molecule has 0 radical (unpaired) electrons. The highest BCUT2D eigenvalue weighted by atomic mass is 16.7. The van der Waals surface area contributed by atoms with Gasteiger partial charge < -0.3 is 43.6 Å². The van der Waals surface area contributed by atoms with Gasteiger partial charge in [0.05, 0.1) is 23.2 Å². The number of carbonyl (C=O) groups is 1. The highest BCUT2D eigenvalue weighted by Gasteiger charge is 2.65. The molecular formula is C52H64N4O11. The van der Waals surface area contributed by atoms with Crippen molar-refractivity contribution in [2.24, 2.45) is 22.9 Å². The molecule has 2 N–H and O–H groups in total. The lowest BCUT2D eigenvalue weighted by Gasteiger charge is -2.60. The monoisotopic (exact) mass is 920 g/mol. The molecule has 1 amide bonds. The van der Waals surface area contributed by atoms with Gasteiger partial charge in [-0.1, -0.05) is 36.2 Å². The van der Waals surface area contributed by atoms with E-state index in [0.29, 0.717) is 48.0 Å². The summed E-state index contributed by atoms with van der Waals surface area (Å²) in [6, 6.07) is 16.8. The normalized spacial score (nSPS) is 24.3. The Morgan fingerprint density at radius 2 is 1.75 bits per heavy atom. The second-order valence-corrected chi connectivity index (χ2v) is 19.0. The number of hydrogen-bond donors (Lipinski definition) is 2. The van der Waals surface area contributed by atoms with Crippen molar-refractivity contribution in [2.75, 3.05) is 52.9 Å². The van der Waals surface area contributed by atoms with Crippen molar-refractivity contribution < 1.29 is 48.5 Å². The van der Waals surface area contributed by atoms with Crippen LogP contribution in [0.5, 0.6) is 23.0 Å². The zero-order valence-electron chi connectivity index (χ0n) is 38.8. The summed E-state index contributed by atoms with van der Waals surface area (Å²) in [6.07, 6.45) is 11.9. The molecule has 15 nitrogen and oxygen atoms in total. The molecule has 3 aliphatic heterocycles. The Morgan fingerprint density at radius 1 is 1.00 bits per heavy atom. The molecule has 0 bridgehead atoms. The third kappa shape index (κ3) is 11.0.